The number of carbonyl (C=O) groups is 1. The maximum Gasteiger partial charge on any atom is 0.234 e. The molecule has 1 atom stereocenters. The molecule has 1 amide bonds. The van der Waals surface area contributed by atoms with E-state index in [1.165, 1.54) is 11.8 Å². The summed E-state index contributed by atoms with van der Waals surface area (Å²) in [6, 6.07) is 13.3. The van der Waals surface area contributed by atoms with Crippen molar-refractivity contribution in [1.82, 2.24) is 14.8 Å². The second-order valence-corrected chi connectivity index (χ2v) is 9.39. The normalized spacial score (nSPS) is 12.0. The number of methoxy groups -OCH3 is 1. The minimum Gasteiger partial charge on any atom is -0.497 e. The summed E-state index contributed by atoms with van der Waals surface area (Å²) in [6.45, 7) is 8.01. The first-order chi connectivity index (χ1) is 15.3. The van der Waals surface area contributed by atoms with Crippen molar-refractivity contribution in [2.45, 2.75) is 45.0 Å². The Balaban J connectivity index is 1.67. The molecule has 0 bridgehead atoms. The number of hydrogen-bond acceptors (Lipinski definition) is 6. The number of ether oxygens (including phenoxy) is 2. The second kappa shape index (κ2) is 10.9. The lowest BCUT2D eigenvalue weighted by Gasteiger charge is -2.19. The number of nitrogens with zero attached hydrogens (tertiary/aromatic N) is 3. The van der Waals surface area contributed by atoms with E-state index in [4.69, 9.17) is 9.47 Å². The molecule has 3 aromatic rings. The molecule has 0 saturated carbocycles. The van der Waals surface area contributed by atoms with Crippen molar-refractivity contribution in [3.8, 4) is 11.5 Å². The standard InChI is InChI=1S/C23H27BrN4O3S/c1-14(2)28-22(16(4)31-19-9-7-18(30-5)8-10-19)26-27-23(28)32-13-21(29)25-20-11-6-17(24)12-15(20)3/h6-12,14,16H,13H2,1-5H3,(H,25,29). The van der Waals surface area contributed by atoms with E-state index < -0.39 is 0 Å². The third kappa shape index (κ3) is 6.04. The fraction of sp³-hybridized carbons (Fsp3) is 0.348. The molecular formula is C23H27BrN4O3S. The van der Waals surface area contributed by atoms with Gasteiger partial charge in [0, 0.05) is 16.2 Å². The van der Waals surface area contributed by atoms with Crippen LogP contribution >= 0.6 is 27.7 Å². The van der Waals surface area contributed by atoms with E-state index in [9.17, 15) is 4.79 Å². The van der Waals surface area contributed by atoms with Crippen LogP contribution in [0.5, 0.6) is 11.5 Å². The molecule has 7 nitrogen and oxygen atoms in total. The Hall–Kier alpha value is -2.52. The molecule has 170 valence electrons. The van der Waals surface area contributed by atoms with Gasteiger partial charge in [-0.1, -0.05) is 27.7 Å². The molecule has 1 aromatic heterocycles. The molecule has 0 saturated heterocycles. The molecule has 0 aliphatic rings. The van der Waals surface area contributed by atoms with Crippen LogP contribution in [-0.2, 0) is 4.79 Å². The van der Waals surface area contributed by atoms with E-state index in [1.54, 1.807) is 7.11 Å². The Morgan fingerprint density at radius 3 is 2.44 bits per heavy atom. The molecule has 2 aromatic carbocycles. The highest BCUT2D eigenvalue weighted by atomic mass is 79.9. The zero-order chi connectivity index (χ0) is 23.3. The summed E-state index contributed by atoms with van der Waals surface area (Å²) in [6.07, 6.45) is -0.313. The minimum absolute atomic E-state index is 0.0946. The van der Waals surface area contributed by atoms with Gasteiger partial charge in [-0.3, -0.25) is 4.79 Å². The number of hydrogen-bond donors (Lipinski definition) is 1. The molecule has 0 fully saturated rings. The van der Waals surface area contributed by atoms with Gasteiger partial charge in [-0.05, 0) is 75.7 Å². The summed E-state index contributed by atoms with van der Waals surface area (Å²) >= 11 is 4.79. The lowest BCUT2D eigenvalue weighted by atomic mass is 10.2. The number of nitrogens with one attached hydrogen (secondary N) is 1. The van der Waals surface area contributed by atoms with Crippen LogP contribution in [0, 0.1) is 6.92 Å². The van der Waals surface area contributed by atoms with Crippen LogP contribution in [0.4, 0.5) is 5.69 Å². The Bertz CT molecular complexity index is 1070. The van der Waals surface area contributed by atoms with E-state index in [0.29, 0.717) is 11.0 Å². The summed E-state index contributed by atoms with van der Waals surface area (Å²) in [4.78, 5) is 12.5. The molecular weight excluding hydrogens is 492 g/mol. The Kier molecular flexibility index (Phi) is 8.20. The van der Waals surface area contributed by atoms with Crippen LogP contribution in [0.15, 0.2) is 52.1 Å². The molecule has 32 heavy (non-hydrogen) atoms. The lowest BCUT2D eigenvalue weighted by Crippen LogP contribution is -2.17. The molecule has 3 rings (SSSR count). The number of rotatable bonds is 9. The number of carbonyl (C=O) groups excluding carboxylic acids is 1. The van der Waals surface area contributed by atoms with Gasteiger partial charge in [0.05, 0.1) is 12.9 Å². The summed E-state index contributed by atoms with van der Waals surface area (Å²) in [7, 11) is 1.63. The van der Waals surface area contributed by atoms with Crippen LogP contribution in [0.3, 0.4) is 0 Å². The number of anilines is 1. The van der Waals surface area contributed by atoms with Crippen LogP contribution < -0.4 is 14.8 Å². The SMILES string of the molecule is COc1ccc(OC(C)c2nnc(SCC(=O)Nc3ccc(Br)cc3C)n2C(C)C)cc1. The highest BCUT2D eigenvalue weighted by Gasteiger charge is 2.22. The number of halogens is 1. The average molecular weight is 519 g/mol. The maximum absolute atomic E-state index is 12.5. The van der Waals surface area contributed by atoms with Gasteiger partial charge in [-0.2, -0.15) is 0 Å². The molecule has 0 spiro atoms. The molecule has 1 N–H and O–H groups in total. The van der Waals surface area contributed by atoms with Crippen molar-refractivity contribution in [2.24, 2.45) is 0 Å². The summed E-state index contributed by atoms with van der Waals surface area (Å²) in [5.41, 5.74) is 1.79. The monoisotopic (exact) mass is 518 g/mol. The molecule has 0 radical (unpaired) electrons. The van der Waals surface area contributed by atoms with E-state index >= 15 is 0 Å². The van der Waals surface area contributed by atoms with Crippen molar-refractivity contribution in [3.05, 3.63) is 58.3 Å². The van der Waals surface area contributed by atoms with Crippen LogP contribution in [0.2, 0.25) is 0 Å². The number of amides is 1. The first-order valence-electron chi connectivity index (χ1n) is 10.2. The lowest BCUT2D eigenvalue weighted by molar-refractivity contribution is -0.113. The summed E-state index contributed by atoms with van der Waals surface area (Å²) in [5, 5.41) is 12.3. The van der Waals surface area contributed by atoms with Crippen LogP contribution in [-0.4, -0.2) is 33.5 Å². The molecule has 0 aliphatic heterocycles. The van der Waals surface area contributed by atoms with Gasteiger partial charge in [0.15, 0.2) is 17.1 Å². The second-order valence-electron chi connectivity index (χ2n) is 7.54. The van der Waals surface area contributed by atoms with Crippen LogP contribution in [0.25, 0.3) is 0 Å². The first-order valence-corrected chi connectivity index (χ1v) is 12.0. The van der Waals surface area contributed by atoms with Gasteiger partial charge < -0.3 is 19.4 Å². The van der Waals surface area contributed by atoms with Gasteiger partial charge in [-0.25, -0.2) is 0 Å². The zero-order valence-electron chi connectivity index (χ0n) is 18.8. The Morgan fingerprint density at radius 1 is 1.12 bits per heavy atom. The van der Waals surface area contributed by atoms with Crippen LogP contribution in [0.1, 0.15) is 44.3 Å². The molecule has 1 unspecified atom stereocenters. The third-order valence-corrected chi connectivity index (χ3v) is 6.17. The van der Waals surface area contributed by atoms with E-state index in [1.807, 2.05) is 60.9 Å². The minimum atomic E-state index is -0.313. The largest absolute Gasteiger partial charge is 0.497 e. The number of aryl methyl sites for hydroxylation is 1. The first kappa shape index (κ1) is 24.1. The quantitative estimate of drug-likeness (QED) is 0.360. The highest BCUT2D eigenvalue weighted by molar-refractivity contribution is 9.10. The maximum atomic E-state index is 12.5. The van der Waals surface area contributed by atoms with E-state index in [-0.39, 0.29) is 23.8 Å². The summed E-state index contributed by atoms with van der Waals surface area (Å²) in [5.74, 6) is 2.33. The van der Waals surface area contributed by atoms with Gasteiger partial charge in [0.25, 0.3) is 0 Å². The van der Waals surface area contributed by atoms with Crippen molar-refractivity contribution in [3.63, 3.8) is 0 Å². The number of aromatic nitrogens is 3. The van der Waals surface area contributed by atoms with E-state index in [0.717, 1.165) is 27.2 Å². The van der Waals surface area contributed by atoms with Gasteiger partial charge in [0.2, 0.25) is 5.91 Å². The fourth-order valence-corrected chi connectivity index (χ4v) is 4.49. The van der Waals surface area contributed by atoms with Gasteiger partial charge in [-0.15, -0.1) is 10.2 Å². The number of benzene rings is 2. The predicted octanol–water partition coefficient (Wildman–Crippen LogP) is 5.81. The van der Waals surface area contributed by atoms with Gasteiger partial charge >= 0.3 is 0 Å². The topological polar surface area (TPSA) is 78.3 Å². The van der Waals surface area contributed by atoms with E-state index in [2.05, 4.69) is 45.3 Å². The van der Waals surface area contributed by atoms with Crippen molar-refractivity contribution < 1.29 is 14.3 Å². The third-order valence-electron chi connectivity index (χ3n) is 4.74. The zero-order valence-corrected chi connectivity index (χ0v) is 21.2. The van der Waals surface area contributed by atoms with Crippen molar-refractivity contribution in [2.75, 3.05) is 18.2 Å². The average Bonchev–Trinajstić information content (AvgIpc) is 3.19. The number of thioether (sulfide) groups is 1. The predicted molar refractivity (Wildman–Crippen MR) is 131 cm³/mol. The fourth-order valence-electron chi connectivity index (χ4n) is 3.14. The summed E-state index contributed by atoms with van der Waals surface area (Å²) < 4.78 is 14.2. The van der Waals surface area contributed by atoms with Gasteiger partial charge in [0.1, 0.15) is 11.5 Å². The van der Waals surface area contributed by atoms with Crippen molar-refractivity contribution in [1.29, 1.82) is 0 Å². The molecule has 1 heterocycles. The smallest absolute Gasteiger partial charge is 0.234 e. The van der Waals surface area contributed by atoms with Crippen molar-refractivity contribution >= 4 is 39.3 Å². The Morgan fingerprint density at radius 2 is 1.81 bits per heavy atom. The Labute approximate surface area is 201 Å². The highest BCUT2D eigenvalue weighted by Crippen LogP contribution is 2.28. The molecule has 0 aliphatic carbocycles. The molecule has 9 heteroatoms.